The zero-order chi connectivity index (χ0) is 13.8. The molecule has 2 heteroatoms. The van der Waals surface area contributed by atoms with Crippen LogP contribution in [0.3, 0.4) is 0 Å². The Bertz CT molecular complexity index is 419. The van der Waals surface area contributed by atoms with Crippen molar-refractivity contribution in [3.63, 3.8) is 0 Å². The smallest absolute Gasteiger partial charge is 0.337 e. The molecule has 0 spiro atoms. The van der Waals surface area contributed by atoms with E-state index in [1.807, 2.05) is 12.1 Å². The predicted molar refractivity (Wildman–Crippen MR) is 77.3 cm³/mol. The molecule has 1 aliphatic rings. The highest BCUT2D eigenvalue weighted by Gasteiger charge is 2.25. The van der Waals surface area contributed by atoms with Gasteiger partial charge in [-0.25, -0.2) is 4.79 Å². The molecule has 0 amide bonds. The molecular weight excluding hydrogens is 236 g/mol. The quantitative estimate of drug-likeness (QED) is 0.753. The van der Waals surface area contributed by atoms with E-state index in [2.05, 4.69) is 26.0 Å². The Hall–Kier alpha value is -1.31. The molecule has 0 saturated heterocycles. The third-order valence-electron chi connectivity index (χ3n) is 4.46. The molecule has 0 radical (unpaired) electrons. The van der Waals surface area contributed by atoms with Crippen LogP contribution in [0, 0.1) is 11.8 Å². The van der Waals surface area contributed by atoms with Crippen molar-refractivity contribution in [1.29, 1.82) is 0 Å². The van der Waals surface area contributed by atoms with Crippen molar-refractivity contribution < 1.29 is 9.53 Å². The first-order valence-electron chi connectivity index (χ1n) is 7.30. The van der Waals surface area contributed by atoms with Crippen LogP contribution in [-0.4, -0.2) is 13.1 Å². The maximum atomic E-state index is 11.4. The number of carbonyl (C=O) groups is 1. The topological polar surface area (TPSA) is 26.3 Å². The van der Waals surface area contributed by atoms with Gasteiger partial charge in [0.2, 0.25) is 0 Å². The minimum atomic E-state index is -0.254. The second-order valence-electron chi connectivity index (χ2n) is 5.98. The molecule has 1 fully saturated rings. The first-order chi connectivity index (χ1) is 9.11. The van der Waals surface area contributed by atoms with Crippen molar-refractivity contribution in [3.05, 3.63) is 35.4 Å². The second kappa shape index (κ2) is 6.23. The number of carbonyl (C=O) groups excluding carboxylic acids is 1. The average Bonchev–Trinajstić information content (AvgIpc) is 2.46. The monoisotopic (exact) mass is 260 g/mol. The van der Waals surface area contributed by atoms with E-state index in [0.717, 1.165) is 11.8 Å². The lowest BCUT2D eigenvalue weighted by atomic mass is 9.74. The van der Waals surface area contributed by atoms with E-state index in [1.165, 1.54) is 38.4 Å². The van der Waals surface area contributed by atoms with Crippen LogP contribution < -0.4 is 0 Å². The van der Waals surface area contributed by atoms with Gasteiger partial charge in [-0.15, -0.1) is 0 Å². The third-order valence-corrected chi connectivity index (χ3v) is 4.46. The molecule has 0 bridgehead atoms. The summed E-state index contributed by atoms with van der Waals surface area (Å²) in [5, 5.41) is 0. The van der Waals surface area contributed by atoms with Crippen molar-refractivity contribution in [1.82, 2.24) is 0 Å². The molecule has 1 aliphatic carbocycles. The Morgan fingerprint density at radius 3 is 2.47 bits per heavy atom. The van der Waals surface area contributed by atoms with Gasteiger partial charge in [0.15, 0.2) is 0 Å². The second-order valence-corrected chi connectivity index (χ2v) is 5.98. The van der Waals surface area contributed by atoms with Gasteiger partial charge in [-0.1, -0.05) is 38.8 Å². The standard InChI is InChI=1S/C17H24O2/c1-12(2)15-5-4-6-16(11-15)13-7-9-14(10-8-13)17(18)19-3/h7-10,12,15-16H,4-6,11H2,1-3H3/t15-,16+/m1/s1. The van der Waals surface area contributed by atoms with E-state index in [9.17, 15) is 4.79 Å². The third kappa shape index (κ3) is 3.37. The largest absolute Gasteiger partial charge is 0.465 e. The molecule has 2 nitrogen and oxygen atoms in total. The molecule has 1 aromatic carbocycles. The van der Waals surface area contributed by atoms with E-state index in [1.54, 1.807) is 0 Å². The molecular formula is C17H24O2. The molecule has 19 heavy (non-hydrogen) atoms. The number of hydrogen-bond acceptors (Lipinski definition) is 2. The highest BCUT2D eigenvalue weighted by Crippen LogP contribution is 2.39. The summed E-state index contributed by atoms with van der Waals surface area (Å²) in [5.74, 6) is 2.03. The van der Waals surface area contributed by atoms with Crippen LogP contribution in [-0.2, 0) is 4.74 Å². The van der Waals surface area contributed by atoms with Crippen molar-refractivity contribution >= 4 is 5.97 Å². The number of esters is 1. The summed E-state index contributed by atoms with van der Waals surface area (Å²) in [7, 11) is 1.42. The first kappa shape index (κ1) is 14.1. The fourth-order valence-electron chi connectivity index (χ4n) is 3.15. The summed E-state index contributed by atoms with van der Waals surface area (Å²) < 4.78 is 4.73. The summed E-state index contributed by atoms with van der Waals surface area (Å²) in [6, 6.07) is 7.97. The van der Waals surface area contributed by atoms with Crippen molar-refractivity contribution in [3.8, 4) is 0 Å². The van der Waals surface area contributed by atoms with Crippen molar-refractivity contribution in [2.45, 2.75) is 45.4 Å². The van der Waals surface area contributed by atoms with Gasteiger partial charge < -0.3 is 4.74 Å². The summed E-state index contributed by atoms with van der Waals surface area (Å²) in [6.45, 7) is 4.65. The highest BCUT2D eigenvalue weighted by molar-refractivity contribution is 5.89. The molecule has 2 rings (SSSR count). The predicted octanol–water partition coefficient (Wildman–Crippen LogP) is 4.40. The van der Waals surface area contributed by atoms with E-state index >= 15 is 0 Å². The lowest BCUT2D eigenvalue weighted by molar-refractivity contribution is 0.0600. The molecule has 1 saturated carbocycles. The Morgan fingerprint density at radius 1 is 1.21 bits per heavy atom. The SMILES string of the molecule is COC(=O)c1ccc([C@H]2CCC[C@@H](C(C)C)C2)cc1. The van der Waals surface area contributed by atoms with E-state index in [4.69, 9.17) is 4.74 Å². The summed E-state index contributed by atoms with van der Waals surface area (Å²) >= 11 is 0. The van der Waals surface area contributed by atoms with Crippen LogP contribution in [0.4, 0.5) is 0 Å². The molecule has 104 valence electrons. The summed E-state index contributed by atoms with van der Waals surface area (Å²) in [5.41, 5.74) is 2.01. The van der Waals surface area contributed by atoms with Gasteiger partial charge in [0.1, 0.15) is 0 Å². The van der Waals surface area contributed by atoms with Crippen LogP contribution in [0.25, 0.3) is 0 Å². The summed E-state index contributed by atoms with van der Waals surface area (Å²) in [4.78, 5) is 11.4. The maximum Gasteiger partial charge on any atom is 0.337 e. The number of hydrogen-bond donors (Lipinski definition) is 0. The minimum Gasteiger partial charge on any atom is -0.465 e. The Morgan fingerprint density at radius 2 is 1.89 bits per heavy atom. The minimum absolute atomic E-state index is 0.254. The van der Waals surface area contributed by atoms with Crippen LogP contribution in [0.15, 0.2) is 24.3 Å². The van der Waals surface area contributed by atoms with Gasteiger partial charge in [-0.3, -0.25) is 0 Å². The van der Waals surface area contributed by atoms with Crippen LogP contribution in [0.2, 0.25) is 0 Å². The van der Waals surface area contributed by atoms with Gasteiger partial charge in [0.05, 0.1) is 12.7 Å². The normalized spacial score (nSPS) is 23.4. The van der Waals surface area contributed by atoms with Crippen LogP contribution in [0.1, 0.15) is 61.4 Å². The molecule has 0 aromatic heterocycles. The van der Waals surface area contributed by atoms with E-state index in [0.29, 0.717) is 11.5 Å². The van der Waals surface area contributed by atoms with E-state index in [-0.39, 0.29) is 5.97 Å². The zero-order valence-electron chi connectivity index (χ0n) is 12.2. The van der Waals surface area contributed by atoms with Crippen LogP contribution >= 0.6 is 0 Å². The number of rotatable bonds is 3. The molecule has 0 aliphatic heterocycles. The van der Waals surface area contributed by atoms with Crippen molar-refractivity contribution in [2.24, 2.45) is 11.8 Å². The highest BCUT2D eigenvalue weighted by atomic mass is 16.5. The van der Waals surface area contributed by atoms with Gasteiger partial charge in [0.25, 0.3) is 0 Å². The maximum absolute atomic E-state index is 11.4. The Kier molecular flexibility index (Phi) is 4.62. The fourth-order valence-corrected chi connectivity index (χ4v) is 3.15. The number of ether oxygens (including phenoxy) is 1. The molecule has 0 heterocycles. The lowest BCUT2D eigenvalue weighted by Crippen LogP contribution is -2.18. The molecule has 0 N–H and O–H groups in total. The Balaban J connectivity index is 2.07. The number of methoxy groups -OCH3 is 1. The summed E-state index contributed by atoms with van der Waals surface area (Å²) in [6.07, 6.45) is 5.26. The zero-order valence-corrected chi connectivity index (χ0v) is 12.2. The molecule has 2 atom stereocenters. The molecule has 1 aromatic rings. The van der Waals surface area contributed by atoms with Gasteiger partial charge >= 0.3 is 5.97 Å². The fraction of sp³-hybridized carbons (Fsp3) is 0.588. The first-order valence-corrected chi connectivity index (χ1v) is 7.30. The number of benzene rings is 1. The Labute approximate surface area is 116 Å². The van der Waals surface area contributed by atoms with Gasteiger partial charge in [-0.05, 0) is 48.3 Å². The molecule has 0 unspecified atom stereocenters. The van der Waals surface area contributed by atoms with E-state index < -0.39 is 0 Å². The lowest BCUT2D eigenvalue weighted by Gasteiger charge is -2.32. The van der Waals surface area contributed by atoms with Crippen LogP contribution in [0.5, 0.6) is 0 Å². The van der Waals surface area contributed by atoms with Gasteiger partial charge in [-0.2, -0.15) is 0 Å². The van der Waals surface area contributed by atoms with Crippen molar-refractivity contribution in [2.75, 3.05) is 7.11 Å². The van der Waals surface area contributed by atoms with Gasteiger partial charge in [0, 0.05) is 0 Å². The average molecular weight is 260 g/mol.